The molecule has 0 saturated carbocycles. The molecule has 0 aliphatic carbocycles. The molecular weight excluding hydrogens is 360 g/mol. The fraction of sp³-hybridized carbons (Fsp3) is 0.714. The van der Waals surface area contributed by atoms with E-state index in [1.807, 2.05) is 0 Å². The van der Waals surface area contributed by atoms with Crippen LogP contribution in [0.15, 0.2) is 0 Å². The first-order valence-electron chi connectivity index (χ1n) is 7.10. The van der Waals surface area contributed by atoms with Gasteiger partial charge >= 0.3 is 23.9 Å². The van der Waals surface area contributed by atoms with Gasteiger partial charge in [-0.2, -0.15) is 12.6 Å². The number of hydrogen-bond acceptors (Lipinski definition) is 10. The van der Waals surface area contributed by atoms with E-state index in [0.29, 0.717) is 0 Å². The molecule has 0 N–H and O–H groups in total. The lowest BCUT2D eigenvalue weighted by Gasteiger charge is -2.42. The average molecular weight is 380 g/mol. The lowest BCUT2D eigenvalue weighted by Crippen LogP contribution is -2.57. The smallest absolute Gasteiger partial charge is 0.303 e. The summed E-state index contributed by atoms with van der Waals surface area (Å²) in [4.78, 5) is 45.2. The first kappa shape index (κ1) is 20.6. The second kappa shape index (κ2) is 9.16. The quantitative estimate of drug-likeness (QED) is 0.419. The molecule has 1 aliphatic heterocycles. The van der Waals surface area contributed by atoms with E-state index in [9.17, 15) is 19.2 Å². The van der Waals surface area contributed by atoms with Crippen molar-refractivity contribution in [1.82, 2.24) is 0 Å². The summed E-state index contributed by atoms with van der Waals surface area (Å²) in [7, 11) is 0. The van der Waals surface area contributed by atoms with Crippen molar-refractivity contribution in [1.29, 1.82) is 0 Å². The highest BCUT2D eigenvalue weighted by atomic mass is 32.2. The fourth-order valence-corrected chi connectivity index (χ4v) is 4.14. The number of carbonyl (C=O) groups excluding carboxylic acids is 4. The molecular formula is C14H20O8S2. The minimum Gasteiger partial charge on any atom is -0.465 e. The fourth-order valence-electron chi connectivity index (χ4n) is 2.21. The van der Waals surface area contributed by atoms with Crippen molar-refractivity contribution in [2.75, 3.05) is 6.61 Å². The van der Waals surface area contributed by atoms with Crippen molar-refractivity contribution in [2.24, 2.45) is 0 Å². The Morgan fingerprint density at radius 2 is 1.25 bits per heavy atom. The molecule has 0 aromatic heterocycles. The molecule has 8 nitrogen and oxygen atoms in total. The molecule has 1 fully saturated rings. The zero-order chi connectivity index (χ0) is 18.4. The lowest BCUT2D eigenvalue weighted by molar-refractivity contribution is -0.183. The van der Waals surface area contributed by atoms with Crippen LogP contribution >= 0.6 is 24.4 Å². The van der Waals surface area contributed by atoms with Crippen molar-refractivity contribution < 1.29 is 38.1 Å². The van der Waals surface area contributed by atoms with Crippen LogP contribution in [0.25, 0.3) is 0 Å². The van der Waals surface area contributed by atoms with Gasteiger partial charge in [0, 0.05) is 27.7 Å². The summed E-state index contributed by atoms with van der Waals surface area (Å²) in [5.41, 5.74) is 0. The van der Waals surface area contributed by atoms with Crippen LogP contribution in [0.1, 0.15) is 27.7 Å². The van der Waals surface area contributed by atoms with Gasteiger partial charge in [0.2, 0.25) is 0 Å². The summed E-state index contributed by atoms with van der Waals surface area (Å²) in [5, 5.41) is -0.531. The molecule has 5 atom stereocenters. The first-order chi connectivity index (χ1) is 11.1. The second-order valence-electron chi connectivity index (χ2n) is 5.09. The van der Waals surface area contributed by atoms with E-state index in [2.05, 4.69) is 12.6 Å². The van der Waals surface area contributed by atoms with E-state index < -0.39 is 52.0 Å². The molecule has 1 rings (SSSR count). The Bertz CT molecular complexity index is 509. The normalized spacial score (nSPS) is 29.3. The number of thioether (sulfide) groups is 1. The van der Waals surface area contributed by atoms with Crippen molar-refractivity contribution >= 4 is 48.3 Å². The van der Waals surface area contributed by atoms with Crippen LogP contribution in [0.4, 0.5) is 0 Å². The summed E-state index contributed by atoms with van der Waals surface area (Å²) in [6.07, 6.45) is -2.93. The Labute approximate surface area is 149 Å². The van der Waals surface area contributed by atoms with Crippen LogP contribution in [0.3, 0.4) is 0 Å². The van der Waals surface area contributed by atoms with Gasteiger partial charge in [-0.25, -0.2) is 0 Å². The van der Waals surface area contributed by atoms with Crippen LogP contribution in [-0.2, 0) is 38.1 Å². The van der Waals surface area contributed by atoms with Gasteiger partial charge in [-0.3, -0.25) is 19.2 Å². The van der Waals surface area contributed by atoms with Crippen molar-refractivity contribution in [3.63, 3.8) is 0 Å². The largest absolute Gasteiger partial charge is 0.465 e. The van der Waals surface area contributed by atoms with Gasteiger partial charge in [0.25, 0.3) is 0 Å². The molecule has 0 bridgehead atoms. The van der Waals surface area contributed by atoms with Crippen LogP contribution < -0.4 is 0 Å². The summed E-state index contributed by atoms with van der Waals surface area (Å²) in [6.45, 7) is 4.77. The maximum atomic E-state index is 11.4. The van der Waals surface area contributed by atoms with Crippen LogP contribution in [0, 0.1) is 0 Å². The third-order valence-electron chi connectivity index (χ3n) is 2.97. The van der Waals surface area contributed by atoms with E-state index in [1.165, 1.54) is 39.5 Å². The van der Waals surface area contributed by atoms with Gasteiger partial charge < -0.3 is 18.9 Å². The second-order valence-corrected chi connectivity index (χ2v) is 7.38. The first-order valence-corrected chi connectivity index (χ1v) is 8.56. The predicted octanol–water partition coefficient (Wildman–Crippen LogP) is 0.716. The van der Waals surface area contributed by atoms with E-state index in [1.54, 1.807) is 0 Å². The number of hydrogen-bond donors (Lipinski definition) is 1. The molecule has 0 aromatic carbocycles. The van der Waals surface area contributed by atoms with Crippen LogP contribution in [-0.4, -0.2) is 58.6 Å². The van der Waals surface area contributed by atoms with Gasteiger partial charge in [-0.15, -0.1) is 11.8 Å². The minimum absolute atomic E-state index is 0.0699. The number of esters is 4. The highest BCUT2D eigenvalue weighted by Gasteiger charge is 2.50. The summed E-state index contributed by atoms with van der Waals surface area (Å²) in [6, 6.07) is 0. The Hall–Kier alpha value is -1.42. The Kier molecular flexibility index (Phi) is 7.88. The molecule has 1 aliphatic rings. The van der Waals surface area contributed by atoms with Gasteiger partial charge in [0.15, 0.2) is 18.3 Å². The average Bonchev–Trinajstić information content (AvgIpc) is 2.42. The van der Waals surface area contributed by atoms with Gasteiger partial charge in [-0.1, -0.05) is 0 Å². The summed E-state index contributed by atoms with van der Waals surface area (Å²) in [5.74, 6) is -2.33. The lowest BCUT2D eigenvalue weighted by atomic mass is 10.0. The molecule has 10 heteroatoms. The highest BCUT2D eigenvalue weighted by molar-refractivity contribution is 8.10. The molecule has 1 saturated heterocycles. The summed E-state index contributed by atoms with van der Waals surface area (Å²) >= 11 is 5.56. The van der Waals surface area contributed by atoms with Gasteiger partial charge in [-0.05, 0) is 0 Å². The minimum atomic E-state index is -1.06. The molecule has 0 amide bonds. The Morgan fingerprint density at radius 1 is 0.792 bits per heavy atom. The number of ether oxygens (including phenoxy) is 4. The van der Waals surface area contributed by atoms with E-state index in [-0.39, 0.29) is 6.61 Å². The Morgan fingerprint density at radius 3 is 1.71 bits per heavy atom. The van der Waals surface area contributed by atoms with Gasteiger partial charge in [0.05, 0.1) is 9.83 Å². The Balaban J connectivity index is 3.11. The van der Waals surface area contributed by atoms with E-state index in [0.717, 1.165) is 0 Å². The van der Waals surface area contributed by atoms with Crippen LogP contribution in [0.5, 0.6) is 0 Å². The third kappa shape index (κ3) is 6.23. The van der Waals surface area contributed by atoms with E-state index in [4.69, 9.17) is 18.9 Å². The molecule has 0 radical (unpaired) electrons. The van der Waals surface area contributed by atoms with Gasteiger partial charge in [0.1, 0.15) is 6.61 Å². The molecule has 136 valence electrons. The maximum absolute atomic E-state index is 11.4. The van der Waals surface area contributed by atoms with Crippen molar-refractivity contribution in [3.05, 3.63) is 0 Å². The highest BCUT2D eigenvalue weighted by Crippen LogP contribution is 2.39. The number of carbonyl (C=O) groups is 4. The van der Waals surface area contributed by atoms with E-state index >= 15 is 0 Å². The number of thiol groups is 1. The number of rotatable bonds is 5. The maximum Gasteiger partial charge on any atom is 0.303 e. The molecule has 1 heterocycles. The zero-order valence-corrected chi connectivity index (χ0v) is 15.4. The predicted molar refractivity (Wildman–Crippen MR) is 87.4 cm³/mol. The zero-order valence-electron chi connectivity index (χ0n) is 13.7. The van der Waals surface area contributed by atoms with Crippen molar-refractivity contribution in [3.8, 4) is 0 Å². The molecule has 0 aromatic rings. The SMILES string of the molecule is CC(=O)OC[C@H]1S[C@@H](S)[C@H](OC(C)=O)[C@@H](OC(C)=O)[C@@H]1OC(C)=O. The third-order valence-corrected chi connectivity index (χ3v) is 4.93. The van der Waals surface area contributed by atoms with Crippen molar-refractivity contribution in [2.45, 2.75) is 55.8 Å². The molecule has 0 unspecified atom stereocenters. The molecule has 0 spiro atoms. The standard InChI is InChI=1S/C14H20O8S2/c1-6(15)19-5-10-11(20-7(2)16)12(21-8(3)17)13(14(23)24-10)22-9(4)18/h10-14,23H,5H2,1-4H3/t10-,11-,12+,13-,14-/m1/s1. The summed E-state index contributed by atoms with van der Waals surface area (Å²) < 4.78 is 20.1. The topological polar surface area (TPSA) is 105 Å². The van der Waals surface area contributed by atoms with Crippen LogP contribution in [0.2, 0.25) is 0 Å². The monoisotopic (exact) mass is 380 g/mol. The molecule has 24 heavy (non-hydrogen) atoms.